The van der Waals surface area contributed by atoms with Gasteiger partial charge < -0.3 is 0 Å². The minimum absolute atomic E-state index is 1.23. The van der Waals surface area contributed by atoms with E-state index in [1.54, 1.807) is 0 Å². The molecular formula is C80H42. The molecule has 0 heterocycles. The number of hydrogen-bond donors (Lipinski definition) is 0. The summed E-state index contributed by atoms with van der Waals surface area (Å²) in [5.41, 5.74) is 10.1. The molecule has 0 nitrogen and oxygen atoms in total. The summed E-state index contributed by atoms with van der Waals surface area (Å²) in [5.74, 6) is 0. The van der Waals surface area contributed by atoms with Crippen molar-refractivity contribution in [1.82, 2.24) is 0 Å². The van der Waals surface area contributed by atoms with E-state index in [-0.39, 0.29) is 0 Å². The topological polar surface area (TPSA) is 0 Å². The van der Waals surface area contributed by atoms with Gasteiger partial charge in [-0.2, -0.15) is 0 Å². The third-order valence-corrected chi connectivity index (χ3v) is 19.1. The van der Waals surface area contributed by atoms with Crippen LogP contribution in [0, 0.1) is 0 Å². The number of hydrogen-bond acceptors (Lipinski definition) is 0. The fraction of sp³-hybridized carbons (Fsp3) is 0. The van der Waals surface area contributed by atoms with Gasteiger partial charge in [0, 0.05) is 0 Å². The van der Waals surface area contributed by atoms with E-state index < -0.39 is 0 Å². The summed E-state index contributed by atoms with van der Waals surface area (Å²) in [4.78, 5) is 0. The SMILES string of the molecule is c1ccc(-c2cc3c(-c4ccccc4)c4c5ccc6c7ccc8c9c(ccc(c%10ccc(c5c%106)c4c4c5ccccc5c(c2)c34)c79)c2c(-c3ccccc3)c3cc(-c4cccc5ccccc45)cc4c5ccccc5c(c34)c82)cc1. The first-order valence-corrected chi connectivity index (χ1v) is 28.2. The van der Waals surface area contributed by atoms with Gasteiger partial charge in [0.05, 0.1) is 0 Å². The van der Waals surface area contributed by atoms with Gasteiger partial charge in [-0.05, 0) is 230 Å². The molecule has 80 heavy (non-hydrogen) atoms. The first-order chi connectivity index (χ1) is 39.7. The molecule has 20 aromatic rings. The van der Waals surface area contributed by atoms with Crippen molar-refractivity contribution in [3.63, 3.8) is 0 Å². The van der Waals surface area contributed by atoms with E-state index in [0.717, 1.165) is 0 Å². The second-order valence-electron chi connectivity index (χ2n) is 22.8. The highest BCUT2D eigenvalue weighted by molar-refractivity contribution is 6.54. The molecule has 0 aromatic heterocycles. The van der Waals surface area contributed by atoms with Crippen molar-refractivity contribution in [2.75, 3.05) is 0 Å². The van der Waals surface area contributed by atoms with Gasteiger partial charge in [-0.1, -0.05) is 231 Å². The van der Waals surface area contributed by atoms with Gasteiger partial charge in [0.1, 0.15) is 0 Å². The van der Waals surface area contributed by atoms with Crippen molar-refractivity contribution in [2.24, 2.45) is 0 Å². The van der Waals surface area contributed by atoms with Crippen molar-refractivity contribution >= 4 is 162 Å². The summed E-state index contributed by atoms with van der Waals surface area (Å²) in [6, 6.07) is 97.2. The summed E-state index contributed by atoms with van der Waals surface area (Å²) in [5, 5.41) is 40.0. The first kappa shape index (κ1) is 41.7. The molecule has 20 aromatic carbocycles. The van der Waals surface area contributed by atoms with Crippen molar-refractivity contribution < 1.29 is 0 Å². The zero-order valence-electron chi connectivity index (χ0n) is 43.2. The molecule has 362 valence electrons. The van der Waals surface area contributed by atoms with Gasteiger partial charge in [-0.25, -0.2) is 0 Å². The van der Waals surface area contributed by atoms with Crippen molar-refractivity contribution in [1.29, 1.82) is 0 Å². The summed E-state index contributed by atoms with van der Waals surface area (Å²) >= 11 is 0. The summed E-state index contributed by atoms with van der Waals surface area (Å²) in [6.07, 6.45) is 0. The van der Waals surface area contributed by atoms with Crippen molar-refractivity contribution in [3.05, 3.63) is 255 Å². The molecule has 0 aliphatic rings. The molecule has 0 aliphatic heterocycles. The average Bonchev–Trinajstić information content (AvgIpc) is 2.54. The van der Waals surface area contributed by atoms with Crippen LogP contribution in [0.2, 0.25) is 0 Å². The fourth-order valence-corrected chi connectivity index (χ4v) is 16.1. The van der Waals surface area contributed by atoms with E-state index in [0.29, 0.717) is 0 Å². The van der Waals surface area contributed by atoms with E-state index in [9.17, 15) is 0 Å². The number of fused-ring (bicyclic) bond motifs is 17. The molecule has 0 spiro atoms. The van der Waals surface area contributed by atoms with Gasteiger partial charge >= 0.3 is 0 Å². The summed E-state index contributed by atoms with van der Waals surface area (Å²) < 4.78 is 0. The van der Waals surface area contributed by atoms with Crippen LogP contribution in [0.5, 0.6) is 0 Å². The van der Waals surface area contributed by atoms with Crippen LogP contribution in [0.1, 0.15) is 0 Å². The molecule has 0 fully saturated rings. The lowest BCUT2D eigenvalue weighted by molar-refractivity contribution is 1.66. The smallest absolute Gasteiger partial charge is 0.000696 e. The van der Waals surface area contributed by atoms with E-state index in [2.05, 4.69) is 255 Å². The Morgan fingerprint density at radius 1 is 0.138 bits per heavy atom. The van der Waals surface area contributed by atoms with E-state index in [1.165, 1.54) is 206 Å². The fourth-order valence-electron chi connectivity index (χ4n) is 16.1. The Morgan fingerprint density at radius 2 is 0.450 bits per heavy atom. The molecule has 0 radical (unpaired) electrons. The van der Waals surface area contributed by atoms with Crippen LogP contribution in [-0.2, 0) is 0 Å². The maximum Gasteiger partial charge on any atom is -0.000696 e. The lowest BCUT2D eigenvalue weighted by Crippen LogP contribution is -1.88. The highest BCUT2D eigenvalue weighted by atomic mass is 14.3. The van der Waals surface area contributed by atoms with Crippen LogP contribution in [0.3, 0.4) is 0 Å². The quantitative estimate of drug-likeness (QED) is 0.122. The molecule has 0 saturated carbocycles. The van der Waals surface area contributed by atoms with Crippen LogP contribution in [0.25, 0.3) is 206 Å². The van der Waals surface area contributed by atoms with E-state index in [4.69, 9.17) is 0 Å². The van der Waals surface area contributed by atoms with Crippen molar-refractivity contribution in [3.8, 4) is 44.5 Å². The Kier molecular flexibility index (Phi) is 7.71. The second-order valence-corrected chi connectivity index (χ2v) is 22.8. The molecule has 0 heteroatoms. The van der Waals surface area contributed by atoms with E-state index in [1.807, 2.05) is 0 Å². The molecule has 20 rings (SSSR count). The predicted molar refractivity (Wildman–Crippen MR) is 347 cm³/mol. The zero-order valence-corrected chi connectivity index (χ0v) is 43.2. The van der Waals surface area contributed by atoms with Crippen molar-refractivity contribution in [2.45, 2.75) is 0 Å². The molecule has 0 saturated heterocycles. The van der Waals surface area contributed by atoms with Crippen LogP contribution in [0.15, 0.2) is 255 Å². The lowest BCUT2D eigenvalue weighted by atomic mass is 9.87. The molecule has 0 aliphatic carbocycles. The predicted octanol–water partition coefficient (Wildman–Crippen LogP) is 22.8. The Hall–Kier alpha value is -10.4. The Labute approximate surface area is 458 Å². The minimum atomic E-state index is 1.23. The molecular weight excluding hydrogens is 961 g/mol. The number of benzene rings is 16. The largest absolute Gasteiger partial charge is 0.0622 e. The van der Waals surface area contributed by atoms with Crippen LogP contribution < -0.4 is 0 Å². The first-order valence-electron chi connectivity index (χ1n) is 28.2. The van der Waals surface area contributed by atoms with Crippen LogP contribution in [-0.4, -0.2) is 0 Å². The lowest BCUT2D eigenvalue weighted by Gasteiger charge is -2.16. The van der Waals surface area contributed by atoms with Crippen LogP contribution in [0.4, 0.5) is 0 Å². The Morgan fingerprint density at radius 3 is 0.950 bits per heavy atom. The third-order valence-electron chi connectivity index (χ3n) is 19.1. The summed E-state index contributed by atoms with van der Waals surface area (Å²) in [6.45, 7) is 0. The standard InChI is InChI=1S/C80H42/c1-4-17-43(18-5-1)47-39-63-51-26-12-14-28-53(51)75-73(63)65(40-47)67(45-20-6-2-7-21-45)77-59-35-31-55-58-34-38-62-72-60(36-32-56(70(58)72)57-33-37-61(79(75)77)71(59)69(55)57)78-68(46-22-8-3-9-23-46)66-42-48(50-30-16-24-44-19-10-11-25-49(44)50)41-64-52-27-13-15-29-54(52)76(74(64)66)80(62)78/h1-42H. The molecule has 0 atom stereocenters. The normalized spacial score (nSPS) is 12.8. The highest BCUT2D eigenvalue weighted by Gasteiger charge is 2.30. The number of rotatable bonds is 4. The molecule has 0 amide bonds. The zero-order chi connectivity index (χ0) is 51.6. The van der Waals surface area contributed by atoms with Gasteiger partial charge in [-0.15, -0.1) is 0 Å². The van der Waals surface area contributed by atoms with Crippen LogP contribution >= 0.6 is 0 Å². The average molecular weight is 1000 g/mol. The summed E-state index contributed by atoms with van der Waals surface area (Å²) in [7, 11) is 0. The van der Waals surface area contributed by atoms with Gasteiger partial charge in [-0.3, -0.25) is 0 Å². The molecule has 0 bridgehead atoms. The Balaban J connectivity index is 0.952. The third kappa shape index (κ3) is 5.01. The second kappa shape index (κ2) is 14.8. The molecule has 0 N–H and O–H groups in total. The van der Waals surface area contributed by atoms with Gasteiger partial charge in [0.2, 0.25) is 0 Å². The van der Waals surface area contributed by atoms with Gasteiger partial charge in [0.15, 0.2) is 0 Å². The Bertz CT molecular complexity index is 6010. The highest BCUT2D eigenvalue weighted by Crippen LogP contribution is 2.59. The van der Waals surface area contributed by atoms with E-state index >= 15 is 0 Å². The maximum atomic E-state index is 2.52. The minimum Gasteiger partial charge on any atom is -0.0622 e. The molecule has 0 unspecified atom stereocenters. The maximum absolute atomic E-state index is 2.52. The monoisotopic (exact) mass is 1000 g/mol. The van der Waals surface area contributed by atoms with Gasteiger partial charge in [0.25, 0.3) is 0 Å².